The Bertz CT molecular complexity index is 666. The van der Waals surface area contributed by atoms with Crippen molar-refractivity contribution in [3.63, 3.8) is 0 Å². The van der Waals surface area contributed by atoms with Crippen molar-refractivity contribution in [2.24, 2.45) is 46.3 Å². The normalized spacial score (nSPS) is 45.9. The van der Waals surface area contributed by atoms with Crippen molar-refractivity contribution in [2.45, 2.75) is 124 Å². The van der Waals surface area contributed by atoms with E-state index in [1.807, 2.05) is 20.8 Å². The van der Waals surface area contributed by atoms with Crippen LogP contribution in [0, 0.1) is 46.3 Å². The maximum Gasteiger partial charge on any atom is 0.306 e. The van der Waals surface area contributed by atoms with Gasteiger partial charge in [-0.25, -0.2) is 0 Å². The lowest BCUT2D eigenvalue weighted by Gasteiger charge is -2.61. The lowest BCUT2D eigenvalue weighted by Crippen LogP contribution is -2.54. The Kier molecular flexibility index (Phi) is 6.34. The third-order valence-electron chi connectivity index (χ3n) is 10.6. The summed E-state index contributed by atoms with van der Waals surface area (Å²) in [6.07, 6.45) is 13.0. The lowest BCUT2D eigenvalue weighted by atomic mass is 9.44. The first-order valence-corrected chi connectivity index (χ1v) is 13.3. The van der Waals surface area contributed by atoms with Crippen LogP contribution in [-0.4, -0.2) is 22.8 Å². The van der Waals surface area contributed by atoms with Crippen molar-refractivity contribution in [3.8, 4) is 0 Å². The molecule has 0 saturated heterocycles. The van der Waals surface area contributed by atoms with Crippen LogP contribution in [0.5, 0.6) is 0 Å². The molecule has 0 heterocycles. The van der Waals surface area contributed by atoms with Crippen LogP contribution in [0.3, 0.4) is 0 Å². The number of fused-ring (bicyclic) bond motifs is 5. The van der Waals surface area contributed by atoms with Crippen LogP contribution in [0.2, 0.25) is 0 Å². The molecule has 4 fully saturated rings. The van der Waals surface area contributed by atoms with Gasteiger partial charge >= 0.3 is 5.97 Å². The Labute approximate surface area is 191 Å². The van der Waals surface area contributed by atoms with Crippen LogP contribution in [0.4, 0.5) is 0 Å². The van der Waals surface area contributed by atoms with Gasteiger partial charge in [0, 0.05) is 6.42 Å². The highest BCUT2D eigenvalue weighted by atomic mass is 16.6. The van der Waals surface area contributed by atoms with E-state index in [-0.39, 0.29) is 17.7 Å². The molecule has 4 aliphatic carbocycles. The maximum absolute atomic E-state index is 12.3. The Morgan fingerprint density at radius 1 is 1.00 bits per heavy atom. The van der Waals surface area contributed by atoms with E-state index < -0.39 is 0 Å². The minimum Gasteiger partial charge on any atom is -0.460 e. The molecule has 31 heavy (non-hydrogen) atoms. The standard InChI is InChI=1S/C28H48O3/c1-18(7-12-25(30)31-26(2,3)4)22-10-11-23-21-9-8-19-17-20(29)13-15-27(19,5)24(21)14-16-28(22,23)6/h18-24,29H,7-17H2,1-6H3/t18-,19-,20-,21+,22?,23+,24+,27+,28-/m1/s1. The number of ether oxygens (including phenoxy) is 1. The zero-order chi connectivity index (χ0) is 22.6. The molecule has 1 unspecified atom stereocenters. The quantitative estimate of drug-likeness (QED) is 0.499. The predicted octanol–water partition coefficient (Wildman–Crippen LogP) is 6.76. The summed E-state index contributed by atoms with van der Waals surface area (Å²) in [7, 11) is 0. The fourth-order valence-electron chi connectivity index (χ4n) is 9.15. The summed E-state index contributed by atoms with van der Waals surface area (Å²) in [5, 5.41) is 10.3. The molecule has 178 valence electrons. The molecule has 0 bridgehead atoms. The second kappa shape index (κ2) is 8.33. The summed E-state index contributed by atoms with van der Waals surface area (Å²) in [6.45, 7) is 13.5. The van der Waals surface area contributed by atoms with E-state index in [9.17, 15) is 9.90 Å². The molecule has 3 heteroatoms. The summed E-state index contributed by atoms with van der Waals surface area (Å²) < 4.78 is 5.57. The highest BCUT2D eigenvalue weighted by Gasteiger charge is 2.60. The second-order valence-electron chi connectivity index (χ2n) is 13.4. The first-order chi connectivity index (χ1) is 14.4. The fourth-order valence-corrected chi connectivity index (χ4v) is 9.15. The van der Waals surface area contributed by atoms with Gasteiger partial charge in [0.05, 0.1) is 6.10 Å². The third kappa shape index (κ3) is 4.34. The predicted molar refractivity (Wildman–Crippen MR) is 125 cm³/mol. The summed E-state index contributed by atoms with van der Waals surface area (Å²) in [5.74, 6) is 4.67. The average molecular weight is 433 g/mol. The molecule has 0 aromatic heterocycles. The van der Waals surface area contributed by atoms with Gasteiger partial charge in [0.15, 0.2) is 0 Å². The molecule has 0 aliphatic heterocycles. The van der Waals surface area contributed by atoms with Gasteiger partial charge in [0.25, 0.3) is 0 Å². The Balaban J connectivity index is 1.42. The molecule has 0 amide bonds. The lowest BCUT2D eigenvalue weighted by molar-refractivity contribution is -0.155. The number of aliphatic hydroxyl groups is 1. The van der Waals surface area contributed by atoms with Crippen molar-refractivity contribution in [1.82, 2.24) is 0 Å². The van der Waals surface area contributed by atoms with Crippen molar-refractivity contribution in [1.29, 1.82) is 0 Å². The Morgan fingerprint density at radius 2 is 1.68 bits per heavy atom. The SMILES string of the molecule is C[C@H](CCC(=O)OC(C)(C)C)C1CC[C@H]2[C@@H]3CC[C@@H]4C[C@H](O)CC[C@]4(C)[C@H]3CC[C@]12C. The van der Waals surface area contributed by atoms with Crippen LogP contribution in [0.1, 0.15) is 112 Å². The largest absolute Gasteiger partial charge is 0.460 e. The molecule has 4 aliphatic rings. The summed E-state index contributed by atoms with van der Waals surface area (Å²) in [5.41, 5.74) is 0.531. The van der Waals surface area contributed by atoms with Crippen LogP contribution in [-0.2, 0) is 9.53 Å². The molecule has 3 nitrogen and oxygen atoms in total. The van der Waals surface area contributed by atoms with Crippen LogP contribution >= 0.6 is 0 Å². The molecule has 0 spiro atoms. The number of hydrogen-bond acceptors (Lipinski definition) is 3. The molecule has 9 atom stereocenters. The molecule has 4 rings (SSSR count). The maximum atomic E-state index is 12.3. The highest BCUT2D eigenvalue weighted by molar-refractivity contribution is 5.69. The van der Waals surface area contributed by atoms with E-state index in [1.165, 1.54) is 44.9 Å². The molecule has 4 saturated carbocycles. The summed E-state index contributed by atoms with van der Waals surface area (Å²) in [6, 6.07) is 0. The van der Waals surface area contributed by atoms with Gasteiger partial charge in [-0.15, -0.1) is 0 Å². The molecule has 1 N–H and O–H groups in total. The average Bonchev–Trinajstić information content (AvgIpc) is 3.02. The van der Waals surface area contributed by atoms with Crippen LogP contribution in [0.15, 0.2) is 0 Å². The second-order valence-corrected chi connectivity index (χ2v) is 13.4. The van der Waals surface area contributed by atoms with Crippen LogP contribution in [0.25, 0.3) is 0 Å². The molecular formula is C28H48O3. The third-order valence-corrected chi connectivity index (χ3v) is 10.6. The number of rotatable bonds is 4. The number of carbonyl (C=O) groups is 1. The highest BCUT2D eigenvalue weighted by Crippen LogP contribution is 2.68. The molecule has 0 aromatic carbocycles. The van der Waals surface area contributed by atoms with E-state index in [2.05, 4.69) is 20.8 Å². The number of aliphatic hydroxyl groups excluding tert-OH is 1. The molecular weight excluding hydrogens is 384 g/mol. The Hall–Kier alpha value is -0.570. The number of esters is 1. The first kappa shape index (κ1) is 23.6. The molecule has 0 radical (unpaired) electrons. The van der Waals surface area contributed by atoms with E-state index in [0.717, 1.165) is 48.9 Å². The van der Waals surface area contributed by atoms with Gasteiger partial charge in [-0.05, 0) is 131 Å². The van der Waals surface area contributed by atoms with Gasteiger partial charge in [0.1, 0.15) is 5.60 Å². The van der Waals surface area contributed by atoms with Gasteiger partial charge in [-0.3, -0.25) is 4.79 Å². The zero-order valence-corrected chi connectivity index (χ0v) is 21.1. The van der Waals surface area contributed by atoms with Gasteiger partial charge in [0.2, 0.25) is 0 Å². The Morgan fingerprint density at radius 3 is 2.39 bits per heavy atom. The summed E-state index contributed by atoms with van der Waals surface area (Å²) >= 11 is 0. The van der Waals surface area contributed by atoms with Crippen molar-refractivity contribution in [2.75, 3.05) is 0 Å². The van der Waals surface area contributed by atoms with Crippen molar-refractivity contribution in [3.05, 3.63) is 0 Å². The van der Waals surface area contributed by atoms with Crippen LogP contribution < -0.4 is 0 Å². The number of hydrogen-bond donors (Lipinski definition) is 1. The molecule has 0 aromatic rings. The van der Waals surface area contributed by atoms with E-state index in [1.54, 1.807) is 0 Å². The smallest absolute Gasteiger partial charge is 0.306 e. The van der Waals surface area contributed by atoms with Crippen molar-refractivity contribution < 1.29 is 14.6 Å². The van der Waals surface area contributed by atoms with E-state index in [4.69, 9.17) is 4.74 Å². The fraction of sp³-hybridized carbons (Fsp3) is 0.964. The minimum absolute atomic E-state index is 0.0338. The zero-order valence-electron chi connectivity index (χ0n) is 21.1. The van der Waals surface area contributed by atoms with Gasteiger partial charge in [-0.2, -0.15) is 0 Å². The van der Waals surface area contributed by atoms with Gasteiger partial charge in [-0.1, -0.05) is 20.8 Å². The number of carbonyl (C=O) groups excluding carboxylic acids is 1. The monoisotopic (exact) mass is 432 g/mol. The van der Waals surface area contributed by atoms with Crippen molar-refractivity contribution >= 4 is 5.97 Å². The van der Waals surface area contributed by atoms with Gasteiger partial charge < -0.3 is 9.84 Å². The topological polar surface area (TPSA) is 46.5 Å². The minimum atomic E-state index is -0.382. The first-order valence-electron chi connectivity index (χ1n) is 13.3. The van der Waals surface area contributed by atoms with E-state index in [0.29, 0.717) is 23.2 Å². The van der Waals surface area contributed by atoms with E-state index >= 15 is 0 Å². The summed E-state index contributed by atoms with van der Waals surface area (Å²) in [4.78, 5) is 12.3.